The van der Waals surface area contributed by atoms with E-state index in [2.05, 4.69) is 0 Å². The van der Waals surface area contributed by atoms with Crippen LogP contribution in [0.2, 0.25) is 0 Å². The van der Waals surface area contributed by atoms with Gasteiger partial charge in [0.05, 0.1) is 0 Å². The number of nitrogens with two attached hydrogens (primary N) is 1. The number of hydrogen-bond acceptors (Lipinski definition) is 2. The molecule has 2 nitrogen and oxygen atoms in total. The smallest absolute Gasteiger partial charge is 0.366 e. The Morgan fingerprint density at radius 1 is 0.958 bits per heavy atom. The van der Waals surface area contributed by atoms with Gasteiger partial charge in [-0.15, -0.1) is 0 Å². The standard InChI is InChI=1S/C12H12F10N2/c1-5-4-6(9(13,11(17,18)19)12(20,21)22)2-3-7(5)24-8(23)10(14,15)16/h2-3,5,8,24H,4,23H2,1H3/t5-,8?/m1/s1. The van der Waals surface area contributed by atoms with Gasteiger partial charge in [0.15, 0.2) is 6.17 Å². The molecule has 0 aromatic rings. The lowest BCUT2D eigenvalue weighted by Gasteiger charge is -2.35. The van der Waals surface area contributed by atoms with Gasteiger partial charge in [-0.05, 0) is 24.0 Å². The zero-order valence-corrected chi connectivity index (χ0v) is 11.9. The Kier molecular flexibility index (Phi) is 5.25. The fourth-order valence-corrected chi connectivity index (χ4v) is 2.09. The first-order valence-electron chi connectivity index (χ1n) is 6.34. The van der Waals surface area contributed by atoms with Crippen LogP contribution in [0.15, 0.2) is 23.4 Å². The highest BCUT2D eigenvalue weighted by Crippen LogP contribution is 2.53. The average Bonchev–Trinajstić information content (AvgIpc) is 2.36. The van der Waals surface area contributed by atoms with Crippen LogP contribution in [0.25, 0.3) is 0 Å². The van der Waals surface area contributed by atoms with Crippen LogP contribution >= 0.6 is 0 Å². The second-order valence-electron chi connectivity index (χ2n) is 5.24. The van der Waals surface area contributed by atoms with E-state index in [0.717, 1.165) is 6.92 Å². The molecule has 0 heterocycles. The molecule has 0 saturated heterocycles. The fraction of sp³-hybridized carbons (Fsp3) is 0.667. The van der Waals surface area contributed by atoms with E-state index in [1.807, 2.05) is 0 Å². The molecule has 0 amide bonds. The van der Waals surface area contributed by atoms with Gasteiger partial charge in [0, 0.05) is 5.70 Å². The lowest BCUT2D eigenvalue weighted by Crippen LogP contribution is -2.55. The zero-order chi connectivity index (χ0) is 19.1. The van der Waals surface area contributed by atoms with E-state index < -0.39 is 48.3 Å². The van der Waals surface area contributed by atoms with Crippen LogP contribution in [-0.2, 0) is 0 Å². The lowest BCUT2D eigenvalue weighted by molar-refractivity contribution is -0.327. The van der Waals surface area contributed by atoms with Gasteiger partial charge in [-0.3, -0.25) is 0 Å². The van der Waals surface area contributed by atoms with Gasteiger partial charge in [-0.1, -0.05) is 13.0 Å². The van der Waals surface area contributed by atoms with Crippen molar-refractivity contribution >= 4 is 0 Å². The predicted molar refractivity (Wildman–Crippen MR) is 63.1 cm³/mol. The third-order valence-corrected chi connectivity index (χ3v) is 3.42. The van der Waals surface area contributed by atoms with E-state index >= 15 is 0 Å². The van der Waals surface area contributed by atoms with E-state index in [1.165, 1.54) is 0 Å². The van der Waals surface area contributed by atoms with Gasteiger partial charge in [0.1, 0.15) is 0 Å². The van der Waals surface area contributed by atoms with Gasteiger partial charge in [0.25, 0.3) is 0 Å². The lowest BCUT2D eigenvalue weighted by atomic mass is 9.82. The van der Waals surface area contributed by atoms with Gasteiger partial charge < -0.3 is 11.1 Å². The molecule has 0 fully saturated rings. The highest BCUT2D eigenvalue weighted by atomic mass is 19.4. The van der Waals surface area contributed by atoms with Crippen molar-refractivity contribution in [3.8, 4) is 0 Å². The summed E-state index contributed by atoms with van der Waals surface area (Å²) in [4.78, 5) is 0. The predicted octanol–water partition coefficient (Wildman–Crippen LogP) is 4.11. The third-order valence-electron chi connectivity index (χ3n) is 3.42. The zero-order valence-electron chi connectivity index (χ0n) is 11.9. The maximum atomic E-state index is 13.9. The monoisotopic (exact) mass is 374 g/mol. The molecule has 1 unspecified atom stereocenters. The highest BCUT2D eigenvalue weighted by Gasteiger charge is 2.74. The Bertz CT molecular complexity index is 511. The Labute approximate surface area is 129 Å². The molecule has 3 N–H and O–H groups in total. The minimum atomic E-state index is -6.27. The van der Waals surface area contributed by atoms with Crippen molar-refractivity contribution in [2.45, 2.75) is 43.7 Å². The maximum Gasteiger partial charge on any atom is 0.435 e. The molecule has 0 saturated carbocycles. The topological polar surface area (TPSA) is 38.0 Å². The van der Waals surface area contributed by atoms with Crippen molar-refractivity contribution < 1.29 is 43.9 Å². The maximum absolute atomic E-state index is 13.9. The normalized spacial score (nSPS) is 21.9. The fourth-order valence-electron chi connectivity index (χ4n) is 2.09. The van der Waals surface area contributed by atoms with Crippen molar-refractivity contribution in [2.75, 3.05) is 0 Å². The highest BCUT2D eigenvalue weighted by molar-refractivity contribution is 5.34. The first-order chi connectivity index (χ1) is 10.5. The summed E-state index contributed by atoms with van der Waals surface area (Å²) >= 11 is 0. The van der Waals surface area contributed by atoms with Crippen molar-refractivity contribution in [1.29, 1.82) is 0 Å². The van der Waals surface area contributed by atoms with E-state index in [4.69, 9.17) is 5.73 Å². The second kappa shape index (κ2) is 6.12. The van der Waals surface area contributed by atoms with E-state index in [1.54, 1.807) is 5.32 Å². The van der Waals surface area contributed by atoms with Crippen LogP contribution < -0.4 is 11.1 Å². The largest absolute Gasteiger partial charge is 0.435 e. The van der Waals surface area contributed by atoms with Crippen molar-refractivity contribution in [3.05, 3.63) is 23.4 Å². The molecule has 0 aromatic heterocycles. The SMILES string of the molecule is C[C@@H]1CC(C(F)(C(F)(F)F)C(F)(F)F)=CC=C1NC(N)C(F)(F)F. The molecule has 1 aliphatic rings. The molecule has 0 aliphatic heterocycles. The number of alkyl halides is 10. The second-order valence-corrected chi connectivity index (χ2v) is 5.24. The summed E-state index contributed by atoms with van der Waals surface area (Å²) < 4.78 is 127. The van der Waals surface area contributed by atoms with Gasteiger partial charge in [0.2, 0.25) is 0 Å². The van der Waals surface area contributed by atoms with Gasteiger partial charge in [-0.2, -0.15) is 39.5 Å². The first kappa shape index (κ1) is 20.6. The Morgan fingerprint density at radius 2 is 1.42 bits per heavy atom. The summed E-state index contributed by atoms with van der Waals surface area (Å²) in [6.07, 6.45) is -20.4. The quantitative estimate of drug-likeness (QED) is 0.577. The van der Waals surface area contributed by atoms with Gasteiger partial charge >= 0.3 is 24.2 Å². The molecule has 12 heteroatoms. The summed E-state index contributed by atoms with van der Waals surface area (Å²) in [5.74, 6) is -1.27. The van der Waals surface area contributed by atoms with Crippen LogP contribution in [0.4, 0.5) is 43.9 Å². The minimum Gasteiger partial charge on any atom is -0.366 e. The van der Waals surface area contributed by atoms with Crippen LogP contribution in [0, 0.1) is 5.92 Å². The summed E-state index contributed by atoms with van der Waals surface area (Å²) in [5, 5.41) is 1.74. The molecule has 0 spiro atoms. The molecular weight excluding hydrogens is 362 g/mol. The van der Waals surface area contributed by atoms with Crippen molar-refractivity contribution in [2.24, 2.45) is 11.7 Å². The first-order valence-corrected chi connectivity index (χ1v) is 6.34. The van der Waals surface area contributed by atoms with Crippen LogP contribution in [0.3, 0.4) is 0 Å². The van der Waals surface area contributed by atoms with Crippen molar-refractivity contribution in [1.82, 2.24) is 5.32 Å². The minimum absolute atomic E-state index is 0.173. The summed E-state index contributed by atoms with van der Waals surface area (Å²) in [6.45, 7) is 1.04. The molecule has 2 atom stereocenters. The number of hydrogen-bond donors (Lipinski definition) is 2. The number of rotatable bonds is 3. The number of halogens is 10. The third kappa shape index (κ3) is 3.78. The molecule has 1 aliphatic carbocycles. The van der Waals surface area contributed by atoms with Crippen LogP contribution in [0.1, 0.15) is 13.3 Å². The van der Waals surface area contributed by atoms with Crippen LogP contribution in [-0.4, -0.2) is 30.4 Å². The average molecular weight is 374 g/mol. The Morgan fingerprint density at radius 3 is 1.75 bits per heavy atom. The number of allylic oxidation sites excluding steroid dienone is 4. The van der Waals surface area contributed by atoms with E-state index in [-0.39, 0.29) is 11.8 Å². The molecule has 0 aromatic carbocycles. The molecular formula is C12H12F10N2. The Balaban J connectivity index is 3.21. The van der Waals surface area contributed by atoms with Crippen LogP contribution in [0.5, 0.6) is 0 Å². The van der Waals surface area contributed by atoms with E-state index in [9.17, 15) is 43.9 Å². The van der Waals surface area contributed by atoms with Gasteiger partial charge in [-0.25, -0.2) is 4.39 Å². The summed E-state index contributed by atoms with van der Waals surface area (Å²) in [6, 6.07) is 0. The molecule has 1 rings (SSSR count). The molecule has 140 valence electrons. The van der Waals surface area contributed by atoms with E-state index in [0.29, 0.717) is 6.08 Å². The molecule has 0 bridgehead atoms. The Hall–Kier alpha value is -1.46. The summed E-state index contributed by atoms with van der Waals surface area (Å²) in [5.41, 5.74) is -2.80. The summed E-state index contributed by atoms with van der Waals surface area (Å²) in [7, 11) is 0. The molecule has 0 radical (unpaired) electrons. The number of nitrogens with one attached hydrogen (secondary N) is 1. The van der Waals surface area contributed by atoms with Crippen molar-refractivity contribution in [3.63, 3.8) is 0 Å². The molecule has 24 heavy (non-hydrogen) atoms.